The minimum atomic E-state index is 0.629. The van der Waals surface area contributed by atoms with E-state index in [1.54, 1.807) is 29.4 Å². The summed E-state index contributed by atoms with van der Waals surface area (Å²) in [7, 11) is 0. The van der Waals surface area contributed by atoms with Crippen LogP contribution in [0, 0.1) is 6.92 Å². The van der Waals surface area contributed by atoms with Gasteiger partial charge in [-0.15, -0.1) is 21.5 Å². The number of para-hydroxylation sites is 1. The summed E-state index contributed by atoms with van der Waals surface area (Å²) in [5.74, 6) is 3.45. The van der Waals surface area contributed by atoms with Crippen LogP contribution in [-0.2, 0) is 5.75 Å². The number of hydrogen-bond acceptors (Lipinski definition) is 7. The van der Waals surface area contributed by atoms with Crippen LogP contribution >= 0.6 is 23.1 Å². The van der Waals surface area contributed by atoms with Crippen molar-refractivity contribution >= 4 is 23.1 Å². The molecule has 0 unspecified atom stereocenters. The maximum atomic E-state index is 5.85. The Kier molecular flexibility index (Phi) is 4.79. The molecule has 4 aromatic heterocycles. The number of aryl methyl sites for hydroxylation is 1. The van der Waals surface area contributed by atoms with Crippen LogP contribution in [-0.4, -0.2) is 19.7 Å². The van der Waals surface area contributed by atoms with Crippen LogP contribution < -0.4 is 0 Å². The standard InChI is InChI=1S/C21H16N4O2S2/c1-14-16(22-20(27-14)18-10-6-12-28-18)13-29-21-24-23-19(17-9-5-11-26-17)25(21)15-7-3-2-4-8-15/h2-12H,13H2,1H3. The van der Waals surface area contributed by atoms with Crippen molar-refractivity contribution in [1.82, 2.24) is 19.7 Å². The third-order valence-electron chi connectivity index (χ3n) is 4.35. The first-order valence-corrected chi connectivity index (χ1v) is 10.8. The Labute approximate surface area is 175 Å². The molecule has 0 radical (unpaired) electrons. The molecule has 0 fully saturated rings. The second-order valence-electron chi connectivity index (χ2n) is 6.24. The Hall–Kier alpha value is -3.10. The van der Waals surface area contributed by atoms with E-state index in [2.05, 4.69) is 15.2 Å². The van der Waals surface area contributed by atoms with Crippen molar-refractivity contribution < 1.29 is 8.83 Å². The Morgan fingerprint density at radius 3 is 2.69 bits per heavy atom. The Bertz CT molecular complexity index is 1210. The molecule has 0 saturated heterocycles. The molecule has 0 N–H and O–H groups in total. The monoisotopic (exact) mass is 420 g/mol. The fraction of sp³-hybridized carbons (Fsp3) is 0.0952. The molecule has 8 heteroatoms. The quantitative estimate of drug-likeness (QED) is 0.321. The second kappa shape index (κ2) is 7.73. The van der Waals surface area contributed by atoms with Gasteiger partial charge in [-0.3, -0.25) is 4.57 Å². The largest absolute Gasteiger partial charge is 0.461 e. The number of thiophene rings is 1. The average Bonchev–Trinajstić information content (AvgIpc) is 3.53. The molecule has 6 nitrogen and oxygen atoms in total. The highest BCUT2D eigenvalue weighted by Gasteiger charge is 2.19. The molecule has 0 amide bonds. The fourth-order valence-corrected chi connectivity index (χ4v) is 4.54. The zero-order chi connectivity index (χ0) is 19.6. The molecule has 0 aliphatic heterocycles. The second-order valence-corrected chi connectivity index (χ2v) is 8.13. The molecule has 0 spiro atoms. The number of furan rings is 1. The van der Waals surface area contributed by atoms with E-state index >= 15 is 0 Å². The van der Waals surface area contributed by atoms with Gasteiger partial charge in [0, 0.05) is 11.4 Å². The number of oxazole rings is 1. The molecule has 0 aliphatic rings. The van der Waals surface area contributed by atoms with Crippen molar-refractivity contribution in [3.8, 4) is 28.0 Å². The normalized spacial score (nSPS) is 11.2. The highest BCUT2D eigenvalue weighted by Crippen LogP contribution is 2.32. The van der Waals surface area contributed by atoms with Crippen LogP contribution in [0.25, 0.3) is 28.0 Å². The van der Waals surface area contributed by atoms with Crippen molar-refractivity contribution in [1.29, 1.82) is 0 Å². The summed E-state index contributed by atoms with van der Waals surface area (Å²) in [6.07, 6.45) is 1.64. The van der Waals surface area contributed by atoms with Crippen LogP contribution in [0.4, 0.5) is 0 Å². The summed E-state index contributed by atoms with van der Waals surface area (Å²) >= 11 is 3.18. The van der Waals surface area contributed by atoms with Gasteiger partial charge in [-0.1, -0.05) is 36.0 Å². The minimum absolute atomic E-state index is 0.629. The summed E-state index contributed by atoms with van der Waals surface area (Å²) in [6, 6.07) is 17.7. The lowest BCUT2D eigenvalue weighted by Gasteiger charge is -2.08. The van der Waals surface area contributed by atoms with Crippen LogP contribution in [0.5, 0.6) is 0 Å². The van der Waals surface area contributed by atoms with Crippen LogP contribution in [0.3, 0.4) is 0 Å². The molecule has 1 aromatic carbocycles. The van der Waals surface area contributed by atoms with Gasteiger partial charge in [0.1, 0.15) is 5.76 Å². The van der Waals surface area contributed by atoms with E-state index in [0.717, 1.165) is 27.2 Å². The van der Waals surface area contributed by atoms with Crippen molar-refractivity contribution in [2.24, 2.45) is 0 Å². The highest BCUT2D eigenvalue weighted by molar-refractivity contribution is 7.98. The van der Waals surface area contributed by atoms with E-state index in [1.165, 1.54) is 0 Å². The molecule has 0 saturated carbocycles. The van der Waals surface area contributed by atoms with Crippen molar-refractivity contribution in [2.75, 3.05) is 0 Å². The predicted molar refractivity (Wildman–Crippen MR) is 113 cm³/mol. The van der Waals surface area contributed by atoms with E-state index in [4.69, 9.17) is 8.83 Å². The summed E-state index contributed by atoms with van der Waals surface area (Å²) in [6.45, 7) is 1.94. The molecule has 5 rings (SSSR count). The molecular weight excluding hydrogens is 404 g/mol. The Morgan fingerprint density at radius 1 is 1.03 bits per heavy atom. The molecule has 4 heterocycles. The lowest BCUT2D eigenvalue weighted by atomic mass is 10.3. The van der Waals surface area contributed by atoms with Crippen molar-refractivity contribution in [3.63, 3.8) is 0 Å². The van der Waals surface area contributed by atoms with Gasteiger partial charge < -0.3 is 8.83 Å². The smallest absolute Gasteiger partial charge is 0.236 e. The first-order valence-electron chi connectivity index (χ1n) is 8.97. The van der Waals surface area contributed by atoms with Gasteiger partial charge in [0.2, 0.25) is 11.7 Å². The number of benzene rings is 1. The molecule has 0 bridgehead atoms. The minimum Gasteiger partial charge on any atom is -0.461 e. The molecule has 144 valence electrons. The average molecular weight is 421 g/mol. The van der Waals surface area contributed by atoms with Gasteiger partial charge in [0.05, 0.1) is 16.8 Å². The highest BCUT2D eigenvalue weighted by atomic mass is 32.2. The first-order chi connectivity index (χ1) is 14.3. The van der Waals surface area contributed by atoms with E-state index in [0.29, 0.717) is 23.2 Å². The Balaban J connectivity index is 1.46. The molecule has 0 atom stereocenters. The zero-order valence-corrected chi connectivity index (χ0v) is 17.1. The maximum absolute atomic E-state index is 5.85. The fourth-order valence-electron chi connectivity index (χ4n) is 2.94. The number of thioether (sulfide) groups is 1. The number of aromatic nitrogens is 4. The van der Waals surface area contributed by atoms with Gasteiger partial charge >= 0.3 is 0 Å². The third-order valence-corrected chi connectivity index (χ3v) is 6.15. The van der Waals surface area contributed by atoms with Crippen molar-refractivity contribution in [2.45, 2.75) is 17.8 Å². The topological polar surface area (TPSA) is 69.9 Å². The Morgan fingerprint density at radius 2 is 1.93 bits per heavy atom. The number of hydrogen-bond donors (Lipinski definition) is 0. The lowest BCUT2D eigenvalue weighted by Crippen LogP contribution is -1.99. The van der Waals surface area contributed by atoms with Gasteiger partial charge in [-0.25, -0.2) is 4.98 Å². The van der Waals surface area contributed by atoms with Gasteiger partial charge in [0.25, 0.3) is 0 Å². The molecular formula is C21H16N4O2S2. The number of nitrogens with zero attached hydrogens (tertiary/aromatic N) is 4. The first kappa shape index (κ1) is 18.0. The summed E-state index contributed by atoms with van der Waals surface area (Å²) in [5, 5.41) is 11.6. The van der Waals surface area contributed by atoms with Gasteiger partial charge in [0.15, 0.2) is 10.9 Å². The molecule has 0 aliphatic carbocycles. The van der Waals surface area contributed by atoms with Gasteiger partial charge in [-0.05, 0) is 42.6 Å². The molecule has 29 heavy (non-hydrogen) atoms. The lowest BCUT2D eigenvalue weighted by molar-refractivity contribution is 0.542. The third kappa shape index (κ3) is 3.52. The van der Waals surface area contributed by atoms with Crippen molar-refractivity contribution in [3.05, 3.63) is 77.7 Å². The van der Waals surface area contributed by atoms with Crippen LogP contribution in [0.15, 0.2) is 80.2 Å². The van der Waals surface area contributed by atoms with Gasteiger partial charge in [-0.2, -0.15) is 0 Å². The van der Waals surface area contributed by atoms with E-state index in [9.17, 15) is 0 Å². The SMILES string of the molecule is Cc1oc(-c2cccs2)nc1CSc1nnc(-c2ccco2)n1-c1ccccc1. The van der Waals surface area contributed by atoms with E-state index < -0.39 is 0 Å². The maximum Gasteiger partial charge on any atom is 0.236 e. The van der Waals surface area contributed by atoms with E-state index in [-0.39, 0.29) is 0 Å². The summed E-state index contributed by atoms with van der Waals surface area (Å²) in [5.41, 5.74) is 1.88. The molecule has 5 aromatic rings. The van der Waals surface area contributed by atoms with E-state index in [1.807, 2.05) is 71.5 Å². The number of rotatable bonds is 6. The van der Waals surface area contributed by atoms with Crippen LogP contribution in [0.1, 0.15) is 11.5 Å². The summed E-state index contributed by atoms with van der Waals surface area (Å²) in [4.78, 5) is 5.70. The predicted octanol–water partition coefficient (Wildman–Crippen LogP) is 5.84. The summed E-state index contributed by atoms with van der Waals surface area (Å²) < 4.78 is 13.4. The van der Waals surface area contributed by atoms with Crippen LogP contribution in [0.2, 0.25) is 0 Å². The zero-order valence-electron chi connectivity index (χ0n) is 15.5.